The Balaban J connectivity index is 1.55. The van der Waals surface area contributed by atoms with E-state index in [0.29, 0.717) is 17.8 Å². The van der Waals surface area contributed by atoms with Gasteiger partial charge >= 0.3 is 0 Å². The second-order valence-electron chi connectivity index (χ2n) is 7.36. The van der Waals surface area contributed by atoms with E-state index in [1.165, 1.54) is 26.2 Å². The highest BCUT2D eigenvalue weighted by Gasteiger charge is 2.52. The fourth-order valence-corrected chi connectivity index (χ4v) is 7.46. The lowest BCUT2D eigenvalue weighted by atomic mass is 9.53. The number of nitrogens with one attached hydrogen (secondary N) is 2. The van der Waals surface area contributed by atoms with Crippen LogP contribution in [0.25, 0.3) is 0 Å². The van der Waals surface area contributed by atoms with Gasteiger partial charge in [0.25, 0.3) is 10.0 Å². The van der Waals surface area contributed by atoms with Crippen LogP contribution in [-0.2, 0) is 14.8 Å². The van der Waals surface area contributed by atoms with Gasteiger partial charge in [-0.15, -0.1) is 10.2 Å². The quantitative estimate of drug-likeness (QED) is 0.800. The molecule has 1 heterocycles. The molecule has 7 nitrogen and oxygen atoms in total. The molecule has 4 saturated carbocycles. The molecule has 2 N–H and O–H groups in total. The van der Waals surface area contributed by atoms with Gasteiger partial charge in [0.2, 0.25) is 15.4 Å². The third-order valence-electron chi connectivity index (χ3n) is 5.31. The minimum absolute atomic E-state index is 0.0722. The van der Waals surface area contributed by atoms with Gasteiger partial charge in [0.1, 0.15) is 0 Å². The molecule has 4 bridgehead atoms. The molecule has 1 aromatic heterocycles. The molecule has 126 valence electrons. The second-order valence-corrected chi connectivity index (χ2v) is 10.2. The average Bonchev–Trinajstić information content (AvgIpc) is 2.84. The summed E-state index contributed by atoms with van der Waals surface area (Å²) in [6.07, 6.45) is 6.59. The van der Waals surface area contributed by atoms with Gasteiger partial charge in [-0.25, -0.2) is 13.1 Å². The normalized spacial score (nSPS) is 35.4. The lowest BCUT2D eigenvalue weighted by Gasteiger charge is -2.56. The highest BCUT2D eigenvalue weighted by Crippen LogP contribution is 2.56. The molecule has 23 heavy (non-hydrogen) atoms. The number of rotatable bonds is 4. The number of sulfonamides is 1. The van der Waals surface area contributed by atoms with E-state index >= 15 is 0 Å². The minimum atomic E-state index is -3.69. The van der Waals surface area contributed by atoms with Crippen LogP contribution in [0.15, 0.2) is 4.34 Å². The number of amides is 1. The number of nitrogens with zero attached hydrogens (tertiary/aromatic N) is 2. The zero-order valence-corrected chi connectivity index (χ0v) is 14.5. The summed E-state index contributed by atoms with van der Waals surface area (Å²) >= 11 is 0.892. The van der Waals surface area contributed by atoms with Crippen molar-refractivity contribution in [3.8, 4) is 0 Å². The highest BCUT2D eigenvalue weighted by molar-refractivity contribution is 7.91. The van der Waals surface area contributed by atoms with E-state index in [1.54, 1.807) is 0 Å². The molecular formula is C14H20N4O3S2. The zero-order valence-electron chi connectivity index (χ0n) is 12.9. The monoisotopic (exact) mass is 356 g/mol. The molecule has 4 fully saturated rings. The number of hydrogen-bond donors (Lipinski definition) is 2. The summed E-state index contributed by atoms with van der Waals surface area (Å²) in [4.78, 5) is 11.0. The predicted octanol–water partition coefficient (Wildman–Crippen LogP) is 1.74. The second kappa shape index (κ2) is 5.22. The van der Waals surface area contributed by atoms with E-state index in [1.807, 2.05) is 0 Å². The maximum absolute atomic E-state index is 12.7. The summed E-state index contributed by atoms with van der Waals surface area (Å²) in [5, 5.41) is 10.2. The van der Waals surface area contributed by atoms with Gasteiger partial charge in [-0.1, -0.05) is 11.3 Å². The molecule has 0 spiro atoms. The third-order valence-corrected chi connectivity index (χ3v) is 8.09. The van der Waals surface area contributed by atoms with Crippen molar-refractivity contribution in [2.75, 3.05) is 5.32 Å². The van der Waals surface area contributed by atoms with Crippen LogP contribution in [-0.4, -0.2) is 30.1 Å². The van der Waals surface area contributed by atoms with Crippen molar-refractivity contribution in [2.45, 2.75) is 55.3 Å². The minimum Gasteiger partial charge on any atom is -0.301 e. The first-order valence-corrected chi connectivity index (χ1v) is 10.3. The summed E-state index contributed by atoms with van der Waals surface area (Å²) in [5.41, 5.74) is -0.298. The molecule has 4 aliphatic rings. The number of carbonyl (C=O) groups is 1. The van der Waals surface area contributed by atoms with E-state index in [9.17, 15) is 13.2 Å². The molecule has 0 saturated heterocycles. The summed E-state index contributed by atoms with van der Waals surface area (Å²) in [7, 11) is -3.69. The number of hydrogen-bond acceptors (Lipinski definition) is 6. The average molecular weight is 356 g/mol. The molecule has 1 amide bonds. The van der Waals surface area contributed by atoms with Crippen LogP contribution in [0, 0.1) is 17.8 Å². The fraction of sp³-hybridized carbons (Fsp3) is 0.786. The largest absolute Gasteiger partial charge is 0.301 e. The van der Waals surface area contributed by atoms with E-state index < -0.39 is 10.0 Å². The smallest absolute Gasteiger partial charge is 0.270 e. The van der Waals surface area contributed by atoms with Gasteiger partial charge in [0, 0.05) is 12.5 Å². The molecule has 0 radical (unpaired) electrons. The van der Waals surface area contributed by atoms with Gasteiger partial charge in [-0.3, -0.25) is 4.79 Å². The Morgan fingerprint density at radius 3 is 2.22 bits per heavy atom. The van der Waals surface area contributed by atoms with E-state index in [4.69, 9.17) is 0 Å². The van der Waals surface area contributed by atoms with E-state index in [2.05, 4.69) is 20.2 Å². The molecule has 9 heteroatoms. The highest BCUT2D eigenvalue weighted by atomic mass is 32.2. The van der Waals surface area contributed by atoms with Gasteiger partial charge in [0.05, 0.1) is 0 Å². The molecule has 0 unspecified atom stereocenters. The maximum Gasteiger partial charge on any atom is 0.270 e. The Kier molecular flexibility index (Phi) is 3.51. The van der Waals surface area contributed by atoms with Crippen LogP contribution in [0.4, 0.5) is 5.13 Å². The summed E-state index contributed by atoms with van der Waals surface area (Å²) in [5.74, 6) is 1.69. The van der Waals surface area contributed by atoms with Crippen molar-refractivity contribution in [1.29, 1.82) is 0 Å². The Hall–Kier alpha value is -1.06. The van der Waals surface area contributed by atoms with Gasteiger partial charge in [0.15, 0.2) is 0 Å². The van der Waals surface area contributed by atoms with Crippen LogP contribution in [0.5, 0.6) is 0 Å². The van der Waals surface area contributed by atoms with Crippen molar-refractivity contribution in [3.63, 3.8) is 0 Å². The first kappa shape index (κ1) is 15.5. The number of anilines is 1. The number of carbonyl (C=O) groups excluding carboxylic acids is 1. The van der Waals surface area contributed by atoms with Crippen LogP contribution >= 0.6 is 11.3 Å². The lowest BCUT2D eigenvalue weighted by Crippen LogP contribution is -2.59. The van der Waals surface area contributed by atoms with E-state index in [0.717, 1.165) is 30.6 Å². The van der Waals surface area contributed by atoms with Crippen molar-refractivity contribution in [3.05, 3.63) is 0 Å². The van der Waals surface area contributed by atoms with Crippen LogP contribution in [0.3, 0.4) is 0 Å². The Labute approximate surface area is 139 Å². The predicted molar refractivity (Wildman–Crippen MR) is 85.4 cm³/mol. The zero-order chi connectivity index (χ0) is 16.2. The molecule has 0 aliphatic heterocycles. The molecule has 0 atom stereocenters. The van der Waals surface area contributed by atoms with Gasteiger partial charge < -0.3 is 5.32 Å². The van der Waals surface area contributed by atoms with Crippen molar-refractivity contribution in [1.82, 2.24) is 14.9 Å². The number of aromatic nitrogens is 2. The van der Waals surface area contributed by atoms with E-state index in [-0.39, 0.29) is 20.9 Å². The molecule has 0 aromatic carbocycles. The topological polar surface area (TPSA) is 101 Å². The standard InChI is InChI=1S/C14H20N4O3S2/c1-8(19)15-12-16-17-13(22-12)23(20,21)18-14-5-9-2-10(6-14)4-11(3-9)7-14/h9-11,18H,2-7H2,1H3,(H,15,16,19). The fourth-order valence-electron chi connectivity index (χ4n) is 5.08. The molecule has 4 aliphatic carbocycles. The van der Waals surface area contributed by atoms with Crippen molar-refractivity contribution in [2.24, 2.45) is 17.8 Å². The van der Waals surface area contributed by atoms with Gasteiger partial charge in [-0.05, 0) is 56.3 Å². The first-order valence-electron chi connectivity index (χ1n) is 7.99. The summed E-state index contributed by atoms with van der Waals surface area (Å²) < 4.78 is 28.3. The van der Waals surface area contributed by atoms with Crippen LogP contribution in [0.2, 0.25) is 0 Å². The molecule has 5 rings (SSSR count). The van der Waals surface area contributed by atoms with Crippen LogP contribution in [0.1, 0.15) is 45.4 Å². The van der Waals surface area contributed by atoms with Crippen molar-refractivity contribution >= 4 is 32.4 Å². The summed E-state index contributed by atoms with van der Waals surface area (Å²) in [6, 6.07) is 0. The molecular weight excluding hydrogens is 336 g/mol. The Bertz CT molecular complexity index is 708. The first-order chi connectivity index (χ1) is 10.8. The Morgan fingerprint density at radius 1 is 1.13 bits per heavy atom. The molecule has 1 aromatic rings. The SMILES string of the molecule is CC(=O)Nc1nnc(S(=O)(=O)NC23CC4CC(CC(C4)C2)C3)s1. The van der Waals surface area contributed by atoms with Gasteiger partial charge in [-0.2, -0.15) is 0 Å². The third kappa shape index (κ3) is 2.89. The lowest BCUT2D eigenvalue weighted by molar-refractivity contribution is -0.114. The maximum atomic E-state index is 12.7. The van der Waals surface area contributed by atoms with Crippen molar-refractivity contribution < 1.29 is 13.2 Å². The van der Waals surface area contributed by atoms with Crippen LogP contribution < -0.4 is 10.0 Å². The Morgan fingerprint density at radius 2 is 1.70 bits per heavy atom. The summed E-state index contributed by atoms with van der Waals surface area (Å²) in [6.45, 7) is 1.35.